The largest absolute Gasteiger partial charge is 0.460 e. The van der Waals surface area contributed by atoms with Crippen LogP contribution in [0.5, 0.6) is 0 Å². The minimum Gasteiger partial charge on any atom is -0.460 e. The number of carbonyl (C=O) groups excluding carboxylic acids is 1. The molecule has 0 bridgehead atoms. The van der Waals surface area contributed by atoms with Crippen LogP contribution in [0.25, 0.3) is 0 Å². The van der Waals surface area contributed by atoms with E-state index in [9.17, 15) is 9.59 Å². The molecule has 108 valence electrons. The number of hydrogen-bond acceptors (Lipinski definition) is 3. The van der Waals surface area contributed by atoms with E-state index in [1.165, 1.54) is 0 Å². The molecule has 1 atom stereocenters. The van der Waals surface area contributed by atoms with Crippen LogP contribution in [-0.4, -0.2) is 10.5 Å². The van der Waals surface area contributed by atoms with Gasteiger partial charge >= 0.3 is 5.97 Å². The summed E-state index contributed by atoms with van der Waals surface area (Å²) < 4.78 is 6.84. The van der Waals surface area contributed by atoms with E-state index in [4.69, 9.17) is 4.74 Å². The fourth-order valence-corrected chi connectivity index (χ4v) is 2.83. The van der Waals surface area contributed by atoms with Crippen LogP contribution in [0.1, 0.15) is 49.9 Å². The first-order chi connectivity index (χ1) is 9.61. The van der Waals surface area contributed by atoms with Crippen molar-refractivity contribution in [3.63, 3.8) is 0 Å². The zero-order chi connectivity index (χ0) is 14.9. The van der Waals surface area contributed by atoms with Crippen molar-refractivity contribution in [2.75, 3.05) is 0 Å². The lowest BCUT2D eigenvalue weighted by Crippen LogP contribution is -2.32. The van der Waals surface area contributed by atoms with Crippen molar-refractivity contribution in [2.45, 2.75) is 52.7 Å². The molecule has 0 amide bonds. The Kier molecular flexibility index (Phi) is 4.12. The molecule has 0 aliphatic carbocycles. The Hall–Kier alpha value is -1.84. The number of pyridine rings is 1. The first-order valence-electron chi connectivity index (χ1n) is 7.20. The van der Waals surface area contributed by atoms with Crippen LogP contribution in [0.4, 0.5) is 0 Å². The molecule has 0 radical (unpaired) electrons. The number of hydrogen-bond donors (Lipinski definition) is 0. The van der Waals surface area contributed by atoms with Crippen LogP contribution in [0.15, 0.2) is 23.0 Å². The Balaban J connectivity index is 0.000000704. The third-order valence-corrected chi connectivity index (χ3v) is 3.76. The summed E-state index contributed by atoms with van der Waals surface area (Å²) in [6, 6.07) is 1.99. The van der Waals surface area contributed by atoms with E-state index in [0.29, 0.717) is 18.5 Å². The van der Waals surface area contributed by atoms with E-state index in [1.54, 1.807) is 4.57 Å². The molecule has 2 aliphatic rings. The molecule has 0 aromatic carbocycles. The van der Waals surface area contributed by atoms with E-state index in [0.717, 1.165) is 23.3 Å². The lowest BCUT2D eigenvalue weighted by molar-refractivity contribution is -0.148. The van der Waals surface area contributed by atoms with Gasteiger partial charge in [0.05, 0.1) is 11.5 Å². The Morgan fingerprint density at radius 3 is 2.75 bits per heavy atom. The predicted octanol–water partition coefficient (Wildman–Crippen LogP) is 2.54. The zero-order valence-electron chi connectivity index (χ0n) is 12.4. The van der Waals surface area contributed by atoms with E-state index in [-0.39, 0.29) is 24.1 Å². The van der Waals surface area contributed by atoms with Crippen LogP contribution >= 0.6 is 0 Å². The lowest BCUT2D eigenvalue weighted by atomic mass is 9.90. The smallest absolute Gasteiger partial charge is 0.313 e. The summed E-state index contributed by atoms with van der Waals surface area (Å²) in [5, 5.41) is 0. The molecule has 0 saturated carbocycles. The molecule has 0 N–H and O–H groups in total. The highest BCUT2D eigenvalue weighted by atomic mass is 16.5. The summed E-state index contributed by atoms with van der Waals surface area (Å²) in [4.78, 5) is 24.1. The van der Waals surface area contributed by atoms with Crippen molar-refractivity contribution >= 4 is 5.97 Å². The fourth-order valence-electron chi connectivity index (χ4n) is 2.83. The van der Waals surface area contributed by atoms with Gasteiger partial charge in [-0.3, -0.25) is 9.59 Å². The van der Waals surface area contributed by atoms with Crippen LogP contribution in [0.3, 0.4) is 0 Å². The maximum absolute atomic E-state index is 12.3. The highest BCUT2D eigenvalue weighted by Crippen LogP contribution is 2.30. The minimum absolute atomic E-state index is 0.0212. The number of ether oxygens (including phenoxy) is 1. The molecule has 4 nitrogen and oxygen atoms in total. The Morgan fingerprint density at radius 1 is 1.40 bits per heavy atom. The number of esters is 1. The van der Waals surface area contributed by atoms with E-state index < -0.39 is 0 Å². The summed E-state index contributed by atoms with van der Waals surface area (Å²) in [6.07, 6.45) is 1.39. The maximum atomic E-state index is 12.3. The third kappa shape index (κ3) is 2.19. The Labute approximate surface area is 119 Å². The standard InChI is InChI=1S/C14H15NO3.C2H6/c1-3-10-11-5-9-4-8(2)6-15(9)13(16)12(11)7-18-14(10)17;1-2/h5,10H,2-4,6-7H2,1H3;1-2H3. The monoisotopic (exact) mass is 275 g/mol. The number of allylic oxidation sites excluding steroid dienone is 1. The summed E-state index contributed by atoms with van der Waals surface area (Å²) in [7, 11) is 0. The molecule has 1 unspecified atom stereocenters. The van der Waals surface area contributed by atoms with Crippen molar-refractivity contribution in [3.8, 4) is 0 Å². The van der Waals surface area contributed by atoms with Crippen molar-refractivity contribution in [3.05, 3.63) is 45.4 Å². The van der Waals surface area contributed by atoms with Crippen molar-refractivity contribution in [1.82, 2.24) is 4.57 Å². The lowest BCUT2D eigenvalue weighted by Gasteiger charge is -2.24. The van der Waals surface area contributed by atoms with Gasteiger partial charge in [0.2, 0.25) is 0 Å². The number of cyclic esters (lactones) is 1. The van der Waals surface area contributed by atoms with Gasteiger partial charge in [-0.2, -0.15) is 0 Å². The number of rotatable bonds is 1. The van der Waals surface area contributed by atoms with Gasteiger partial charge in [-0.15, -0.1) is 0 Å². The second kappa shape index (κ2) is 5.65. The quantitative estimate of drug-likeness (QED) is 0.584. The van der Waals surface area contributed by atoms with E-state index in [1.807, 2.05) is 26.8 Å². The van der Waals surface area contributed by atoms with Gasteiger partial charge in [0.1, 0.15) is 6.61 Å². The molecular weight excluding hydrogens is 254 g/mol. The third-order valence-electron chi connectivity index (χ3n) is 3.76. The van der Waals surface area contributed by atoms with Crippen molar-refractivity contribution in [2.24, 2.45) is 0 Å². The van der Waals surface area contributed by atoms with Crippen molar-refractivity contribution < 1.29 is 9.53 Å². The molecule has 4 heteroatoms. The molecule has 0 saturated heterocycles. The van der Waals surface area contributed by atoms with Gasteiger partial charge in [0.15, 0.2) is 0 Å². The van der Waals surface area contributed by atoms with Gasteiger partial charge < -0.3 is 9.30 Å². The van der Waals surface area contributed by atoms with Crippen LogP contribution in [-0.2, 0) is 29.1 Å². The number of fused-ring (bicyclic) bond motifs is 2. The van der Waals surface area contributed by atoms with Gasteiger partial charge in [-0.1, -0.05) is 32.9 Å². The van der Waals surface area contributed by atoms with Gasteiger partial charge in [0.25, 0.3) is 5.56 Å². The summed E-state index contributed by atoms with van der Waals surface area (Å²) in [5.74, 6) is -0.507. The molecule has 1 aromatic rings. The molecule has 0 spiro atoms. The topological polar surface area (TPSA) is 48.3 Å². The molecule has 3 rings (SSSR count). The molecule has 0 fully saturated rings. The summed E-state index contributed by atoms with van der Waals surface area (Å²) in [5.41, 5.74) is 3.48. The first-order valence-corrected chi connectivity index (χ1v) is 7.20. The maximum Gasteiger partial charge on any atom is 0.313 e. The summed E-state index contributed by atoms with van der Waals surface area (Å²) in [6.45, 7) is 10.6. The molecule has 1 aromatic heterocycles. The predicted molar refractivity (Wildman–Crippen MR) is 77.7 cm³/mol. The zero-order valence-corrected chi connectivity index (χ0v) is 12.4. The van der Waals surface area contributed by atoms with Crippen LogP contribution in [0, 0.1) is 0 Å². The normalized spacial score (nSPS) is 19.6. The molecule has 20 heavy (non-hydrogen) atoms. The second-order valence-electron chi connectivity index (χ2n) is 4.96. The molecular formula is C16H21NO3. The Morgan fingerprint density at radius 2 is 2.10 bits per heavy atom. The Bertz CT molecular complexity index is 613. The van der Waals surface area contributed by atoms with Crippen LogP contribution < -0.4 is 5.56 Å². The number of aromatic nitrogens is 1. The van der Waals surface area contributed by atoms with E-state index in [2.05, 4.69) is 6.58 Å². The first kappa shape index (κ1) is 14.6. The van der Waals surface area contributed by atoms with Crippen molar-refractivity contribution in [1.29, 1.82) is 0 Å². The average Bonchev–Trinajstić information content (AvgIpc) is 2.82. The number of nitrogens with zero attached hydrogens (tertiary/aromatic N) is 1. The minimum atomic E-state index is -0.291. The summed E-state index contributed by atoms with van der Waals surface area (Å²) >= 11 is 0. The van der Waals surface area contributed by atoms with Gasteiger partial charge in [-0.05, 0) is 18.1 Å². The van der Waals surface area contributed by atoms with Crippen LogP contribution in [0.2, 0.25) is 0 Å². The van der Waals surface area contributed by atoms with Gasteiger partial charge in [0, 0.05) is 18.7 Å². The second-order valence-corrected chi connectivity index (χ2v) is 4.96. The average molecular weight is 275 g/mol. The molecule has 3 heterocycles. The van der Waals surface area contributed by atoms with E-state index >= 15 is 0 Å². The fraction of sp³-hybridized carbons (Fsp3) is 0.500. The highest BCUT2D eigenvalue weighted by molar-refractivity contribution is 5.80. The van der Waals surface area contributed by atoms with Gasteiger partial charge in [-0.25, -0.2) is 0 Å². The SMILES string of the molecule is C=C1Cc2cc3c(c(=O)n2C1)COC(=O)C3CC.CC. The molecule has 2 aliphatic heterocycles. The number of carbonyl (C=O) groups is 1. The highest BCUT2D eigenvalue weighted by Gasteiger charge is 2.32.